The topological polar surface area (TPSA) is 94.0 Å². The molecule has 2 aromatic carbocycles. The average molecular weight is 534 g/mol. The molecule has 0 spiro atoms. The Morgan fingerprint density at radius 3 is 2.92 bits per heavy atom. The number of thiazole rings is 1. The molecule has 1 fully saturated rings. The summed E-state index contributed by atoms with van der Waals surface area (Å²) in [6, 6.07) is 8.02. The minimum Gasteiger partial charge on any atom is -0.493 e. The average Bonchev–Trinajstić information content (AvgIpc) is 3.29. The zero-order chi connectivity index (χ0) is 26.4. The zero-order valence-corrected chi connectivity index (χ0v) is 22.6. The predicted molar refractivity (Wildman–Crippen MR) is 149 cm³/mol. The monoisotopic (exact) mass is 533 g/mol. The fourth-order valence-electron chi connectivity index (χ4n) is 5.41. The first kappa shape index (κ1) is 25.0. The van der Waals surface area contributed by atoms with E-state index in [1.807, 2.05) is 37.4 Å². The molecular weight excluding hydrogens is 502 g/mol. The number of aliphatic carboxylic acids is 1. The third-order valence-corrected chi connectivity index (χ3v) is 8.63. The summed E-state index contributed by atoms with van der Waals surface area (Å²) in [6.07, 6.45) is 3.46. The van der Waals surface area contributed by atoms with Crippen LogP contribution in [0.5, 0.6) is 5.75 Å². The molecule has 0 radical (unpaired) electrons. The quantitative estimate of drug-likeness (QED) is 0.281. The fraction of sp³-hybridized carbons (Fsp3) is 0.414. The summed E-state index contributed by atoms with van der Waals surface area (Å²) in [6.45, 7) is 6.59. The van der Waals surface area contributed by atoms with Crippen LogP contribution in [0.15, 0.2) is 30.5 Å². The molecule has 4 aromatic rings. The third kappa shape index (κ3) is 4.19. The molecule has 0 bridgehead atoms. The molecule has 1 N–H and O–H groups in total. The lowest BCUT2D eigenvalue weighted by Gasteiger charge is -2.37. The fourth-order valence-corrected chi connectivity index (χ4v) is 6.55. The normalized spacial score (nSPS) is 16.0. The Balaban J connectivity index is 1.61. The second-order valence-corrected chi connectivity index (χ2v) is 10.9. The number of pyridine rings is 1. The molecule has 0 amide bonds. The summed E-state index contributed by atoms with van der Waals surface area (Å²) in [5, 5.41) is 12.2. The highest BCUT2D eigenvalue weighted by Crippen LogP contribution is 2.47. The Morgan fingerprint density at radius 2 is 2.16 bits per heavy atom. The summed E-state index contributed by atoms with van der Waals surface area (Å²) in [5.74, 6) is -0.187. The number of rotatable bonds is 9. The SMILES string of the molecule is CCCCOC(C(=O)O)c1c(C)cc2nc(N3CC(OC)C3)sc2c1-c1ccc2c3c(ccnc13)CCO2. The molecule has 4 heterocycles. The maximum absolute atomic E-state index is 12.6. The van der Waals surface area contributed by atoms with Crippen LogP contribution in [0.25, 0.3) is 32.2 Å². The van der Waals surface area contributed by atoms with Gasteiger partial charge in [0.25, 0.3) is 0 Å². The van der Waals surface area contributed by atoms with E-state index in [1.165, 1.54) is 5.56 Å². The molecule has 2 aliphatic rings. The van der Waals surface area contributed by atoms with Gasteiger partial charge in [-0.15, -0.1) is 0 Å². The molecule has 1 saturated heterocycles. The Morgan fingerprint density at radius 1 is 1.32 bits per heavy atom. The number of methoxy groups -OCH3 is 1. The number of anilines is 1. The van der Waals surface area contributed by atoms with E-state index in [4.69, 9.17) is 24.2 Å². The van der Waals surface area contributed by atoms with E-state index >= 15 is 0 Å². The molecule has 2 aromatic heterocycles. The lowest BCUT2D eigenvalue weighted by Crippen LogP contribution is -2.51. The van der Waals surface area contributed by atoms with Crippen molar-refractivity contribution < 1.29 is 24.1 Å². The number of hydrogen-bond acceptors (Lipinski definition) is 8. The largest absolute Gasteiger partial charge is 0.493 e. The summed E-state index contributed by atoms with van der Waals surface area (Å²) in [7, 11) is 1.73. The molecule has 1 atom stereocenters. The second kappa shape index (κ2) is 10.1. The predicted octanol–water partition coefficient (Wildman–Crippen LogP) is 5.53. The molecule has 38 heavy (non-hydrogen) atoms. The van der Waals surface area contributed by atoms with Gasteiger partial charge in [0.05, 0.1) is 28.4 Å². The van der Waals surface area contributed by atoms with Crippen LogP contribution in [-0.4, -0.2) is 60.6 Å². The highest BCUT2D eigenvalue weighted by Gasteiger charge is 2.33. The second-order valence-electron chi connectivity index (χ2n) is 9.94. The Bertz CT molecular complexity index is 1520. The third-order valence-electron chi connectivity index (χ3n) is 7.48. The molecule has 9 heteroatoms. The van der Waals surface area contributed by atoms with Crippen molar-refractivity contribution >= 4 is 43.6 Å². The number of carboxylic acids is 1. The molecule has 1 unspecified atom stereocenters. The first-order valence-corrected chi connectivity index (χ1v) is 13.9. The molecule has 8 nitrogen and oxygen atoms in total. The summed E-state index contributed by atoms with van der Waals surface area (Å²) < 4.78 is 18.4. The van der Waals surface area contributed by atoms with Crippen molar-refractivity contribution in [3.8, 4) is 16.9 Å². The van der Waals surface area contributed by atoms with Crippen LogP contribution in [0.2, 0.25) is 0 Å². The minimum atomic E-state index is -1.10. The van der Waals surface area contributed by atoms with Gasteiger partial charge in [-0.25, -0.2) is 9.78 Å². The van der Waals surface area contributed by atoms with Crippen molar-refractivity contribution in [2.24, 2.45) is 0 Å². The summed E-state index contributed by atoms with van der Waals surface area (Å²) in [4.78, 5) is 24.6. The lowest BCUT2D eigenvalue weighted by molar-refractivity contribution is -0.151. The van der Waals surface area contributed by atoms with Gasteiger partial charge in [0.15, 0.2) is 11.2 Å². The maximum Gasteiger partial charge on any atom is 0.337 e. The van der Waals surface area contributed by atoms with Gasteiger partial charge in [-0.1, -0.05) is 24.7 Å². The van der Waals surface area contributed by atoms with E-state index in [0.29, 0.717) is 18.8 Å². The first-order valence-electron chi connectivity index (χ1n) is 13.1. The zero-order valence-electron chi connectivity index (χ0n) is 21.8. The van der Waals surface area contributed by atoms with E-state index < -0.39 is 12.1 Å². The molecule has 2 aliphatic heterocycles. The van der Waals surface area contributed by atoms with Gasteiger partial charge in [-0.3, -0.25) is 4.98 Å². The number of fused-ring (bicyclic) bond motifs is 1. The number of benzene rings is 2. The van der Waals surface area contributed by atoms with E-state index in [1.54, 1.807) is 18.4 Å². The Labute approximate surface area is 225 Å². The molecule has 0 saturated carbocycles. The van der Waals surface area contributed by atoms with Crippen molar-refractivity contribution in [1.82, 2.24) is 9.97 Å². The number of aryl methyl sites for hydroxylation is 1. The molecule has 198 valence electrons. The number of carbonyl (C=O) groups is 1. The smallest absolute Gasteiger partial charge is 0.337 e. The van der Waals surface area contributed by atoms with Crippen LogP contribution in [0.1, 0.15) is 42.6 Å². The summed E-state index contributed by atoms with van der Waals surface area (Å²) in [5.41, 5.74) is 6.04. The molecule has 6 rings (SSSR count). The minimum absolute atomic E-state index is 0.201. The van der Waals surface area contributed by atoms with Gasteiger partial charge in [0.2, 0.25) is 0 Å². The molecular formula is C29H31N3O5S. The van der Waals surface area contributed by atoms with E-state index in [-0.39, 0.29) is 6.10 Å². The van der Waals surface area contributed by atoms with E-state index in [2.05, 4.69) is 11.8 Å². The maximum atomic E-state index is 12.6. The number of aromatic nitrogens is 2. The number of hydrogen-bond donors (Lipinski definition) is 1. The van der Waals surface area contributed by atoms with Crippen molar-refractivity contribution in [3.05, 3.63) is 47.2 Å². The van der Waals surface area contributed by atoms with Crippen LogP contribution in [0.3, 0.4) is 0 Å². The molecule has 0 aliphatic carbocycles. The van der Waals surface area contributed by atoms with Crippen molar-refractivity contribution in [3.63, 3.8) is 0 Å². The highest BCUT2D eigenvalue weighted by molar-refractivity contribution is 7.22. The van der Waals surface area contributed by atoms with Crippen LogP contribution >= 0.6 is 11.3 Å². The van der Waals surface area contributed by atoms with Gasteiger partial charge in [0, 0.05) is 61.5 Å². The number of ether oxygens (including phenoxy) is 3. The highest BCUT2D eigenvalue weighted by atomic mass is 32.1. The van der Waals surface area contributed by atoms with Crippen LogP contribution in [0.4, 0.5) is 5.13 Å². The standard InChI is InChI=1S/C29H31N3O5S/c1-4-5-11-37-26(28(33)34)22-16(2)13-20-27(38-29(31-20)32-14-18(15-32)35-3)24(22)19-6-7-21-23-17(9-12-36-21)8-10-30-25(19)23/h6-8,10,13,18,26H,4-5,9,11-12,14-15H2,1-3H3,(H,33,34). The van der Waals surface area contributed by atoms with Gasteiger partial charge in [-0.2, -0.15) is 0 Å². The number of nitrogens with zero attached hydrogens (tertiary/aromatic N) is 3. The van der Waals surface area contributed by atoms with Gasteiger partial charge < -0.3 is 24.2 Å². The van der Waals surface area contributed by atoms with Crippen LogP contribution < -0.4 is 9.64 Å². The Kier molecular flexibility index (Phi) is 6.67. The van der Waals surface area contributed by atoms with Crippen molar-refractivity contribution in [2.45, 2.75) is 45.3 Å². The van der Waals surface area contributed by atoms with E-state index in [9.17, 15) is 9.90 Å². The van der Waals surface area contributed by atoms with Crippen LogP contribution in [0, 0.1) is 6.92 Å². The summed E-state index contributed by atoms with van der Waals surface area (Å²) >= 11 is 1.58. The van der Waals surface area contributed by atoms with Crippen molar-refractivity contribution in [2.75, 3.05) is 38.3 Å². The van der Waals surface area contributed by atoms with Crippen LogP contribution in [-0.2, 0) is 20.7 Å². The lowest BCUT2D eigenvalue weighted by atomic mass is 9.89. The Hall–Kier alpha value is -3.27. The van der Waals surface area contributed by atoms with Crippen molar-refractivity contribution in [1.29, 1.82) is 0 Å². The van der Waals surface area contributed by atoms with Gasteiger partial charge in [-0.05, 0) is 48.7 Å². The van der Waals surface area contributed by atoms with Gasteiger partial charge >= 0.3 is 5.97 Å². The van der Waals surface area contributed by atoms with E-state index in [0.717, 1.165) is 81.0 Å². The first-order chi connectivity index (χ1) is 18.5. The number of carboxylic acid groups (broad SMARTS) is 1. The number of unbranched alkanes of at least 4 members (excludes halogenated alkanes) is 1. The van der Waals surface area contributed by atoms with Gasteiger partial charge in [0.1, 0.15) is 5.75 Å².